The number of oxazole rings is 1. The van der Waals surface area contributed by atoms with Gasteiger partial charge in [0.1, 0.15) is 11.6 Å². The minimum Gasteiger partial charge on any atom is -0.495 e. The maximum absolute atomic E-state index is 11.3. The summed E-state index contributed by atoms with van der Waals surface area (Å²) in [4.78, 5) is 22.7. The van der Waals surface area contributed by atoms with Crippen molar-refractivity contribution < 1.29 is 9.15 Å². The molecule has 9 nitrogen and oxygen atoms in total. The zero-order valence-corrected chi connectivity index (χ0v) is 14.7. The highest BCUT2D eigenvalue weighted by Crippen LogP contribution is 2.25. The van der Waals surface area contributed by atoms with Crippen LogP contribution in [-0.2, 0) is 5.79 Å². The van der Waals surface area contributed by atoms with E-state index in [1.807, 2.05) is 6.92 Å². The molecule has 9 heteroatoms. The van der Waals surface area contributed by atoms with E-state index in [0.717, 1.165) is 11.3 Å². The van der Waals surface area contributed by atoms with E-state index in [-0.39, 0.29) is 0 Å². The van der Waals surface area contributed by atoms with Gasteiger partial charge in [-0.2, -0.15) is 0 Å². The maximum Gasteiger partial charge on any atom is 0.417 e. The number of pyridine rings is 1. The van der Waals surface area contributed by atoms with Crippen molar-refractivity contribution in [2.24, 2.45) is 10.7 Å². The number of hydrogen-bond acceptors (Lipinski definition) is 8. The lowest BCUT2D eigenvalue weighted by Crippen LogP contribution is -2.50. The summed E-state index contributed by atoms with van der Waals surface area (Å²) in [5.74, 6) is -0.519. The normalized spacial score (nSPS) is 19.2. The molecule has 2 aromatic heterocycles. The van der Waals surface area contributed by atoms with Crippen LogP contribution in [0.1, 0.15) is 12.5 Å². The molecule has 1 unspecified atom stereocenters. The first-order chi connectivity index (χ1) is 13.0. The number of hydrogen-bond donors (Lipinski definition) is 4. The van der Waals surface area contributed by atoms with Crippen LogP contribution in [-0.4, -0.2) is 22.9 Å². The summed E-state index contributed by atoms with van der Waals surface area (Å²) in [7, 11) is 1.56. The molecule has 3 heterocycles. The van der Waals surface area contributed by atoms with Gasteiger partial charge in [-0.1, -0.05) is 0 Å². The molecule has 0 saturated heterocycles. The Morgan fingerprint density at radius 1 is 1.30 bits per heavy atom. The van der Waals surface area contributed by atoms with Crippen LogP contribution in [0.4, 0.5) is 5.69 Å². The molecule has 0 aliphatic carbocycles. The molecule has 1 aliphatic rings. The fourth-order valence-electron chi connectivity index (χ4n) is 2.76. The van der Waals surface area contributed by atoms with E-state index in [9.17, 15) is 4.79 Å². The first kappa shape index (κ1) is 16.9. The zero-order chi connectivity index (χ0) is 19.0. The Hall–Kier alpha value is -3.59. The minimum absolute atomic E-state index is 0.487. The van der Waals surface area contributed by atoms with Crippen molar-refractivity contribution in [1.82, 2.24) is 15.3 Å². The number of aliphatic imine (C=N–C) groups is 1. The Kier molecular flexibility index (Phi) is 3.93. The molecular formula is C18H18N6O3. The summed E-state index contributed by atoms with van der Waals surface area (Å²) in [6, 6.07) is 7.04. The molecule has 5 N–H and O–H groups in total. The van der Waals surface area contributed by atoms with Crippen LogP contribution in [0.3, 0.4) is 0 Å². The number of benzene rings is 1. The number of ether oxygens (including phenoxy) is 1. The summed E-state index contributed by atoms with van der Waals surface area (Å²) in [6.45, 7) is 1.90. The number of aromatic amines is 1. The average Bonchev–Trinajstić information content (AvgIpc) is 3.04. The Bertz CT molecular complexity index is 1130. The lowest BCUT2D eigenvalue weighted by atomic mass is 10.1. The zero-order valence-electron chi connectivity index (χ0n) is 14.7. The molecule has 3 aromatic rings. The molecule has 0 bridgehead atoms. The number of rotatable bonds is 3. The van der Waals surface area contributed by atoms with Crippen molar-refractivity contribution >= 4 is 22.6 Å². The van der Waals surface area contributed by atoms with Gasteiger partial charge < -0.3 is 19.8 Å². The summed E-state index contributed by atoms with van der Waals surface area (Å²) < 4.78 is 10.2. The number of aromatic nitrogens is 2. The average molecular weight is 366 g/mol. The molecule has 138 valence electrons. The van der Waals surface area contributed by atoms with E-state index in [4.69, 9.17) is 14.9 Å². The van der Waals surface area contributed by atoms with E-state index in [2.05, 4.69) is 25.6 Å². The lowest BCUT2D eigenvalue weighted by molar-refractivity contribution is 0.390. The van der Waals surface area contributed by atoms with Gasteiger partial charge in [-0.3, -0.25) is 15.7 Å². The number of nitrogens with two attached hydrogens (primary N) is 1. The Morgan fingerprint density at radius 2 is 2.15 bits per heavy atom. The molecule has 0 fully saturated rings. The number of methoxy groups -OCH3 is 1. The van der Waals surface area contributed by atoms with Crippen molar-refractivity contribution in [3.8, 4) is 5.75 Å². The smallest absolute Gasteiger partial charge is 0.417 e. The Morgan fingerprint density at radius 3 is 2.96 bits per heavy atom. The molecule has 4 rings (SSSR count). The topological polar surface area (TPSA) is 131 Å². The van der Waals surface area contributed by atoms with Gasteiger partial charge in [0, 0.05) is 29.2 Å². The maximum atomic E-state index is 11.3. The first-order valence-electron chi connectivity index (χ1n) is 8.20. The van der Waals surface area contributed by atoms with Gasteiger partial charge in [-0.15, -0.1) is 0 Å². The van der Waals surface area contributed by atoms with Crippen molar-refractivity contribution in [2.45, 2.75) is 12.7 Å². The number of nitrogens with zero attached hydrogens (tertiary/aromatic N) is 2. The van der Waals surface area contributed by atoms with E-state index < -0.39 is 11.5 Å². The van der Waals surface area contributed by atoms with E-state index in [1.165, 1.54) is 0 Å². The van der Waals surface area contributed by atoms with Crippen LogP contribution in [0.15, 0.2) is 62.6 Å². The molecule has 0 radical (unpaired) electrons. The lowest BCUT2D eigenvalue weighted by Gasteiger charge is -2.31. The second kappa shape index (κ2) is 6.29. The van der Waals surface area contributed by atoms with Gasteiger partial charge in [0.05, 0.1) is 18.8 Å². The molecule has 27 heavy (non-hydrogen) atoms. The van der Waals surface area contributed by atoms with Gasteiger partial charge in [0.15, 0.2) is 5.58 Å². The molecule has 0 saturated carbocycles. The molecule has 0 amide bonds. The third-order valence-corrected chi connectivity index (χ3v) is 4.24. The summed E-state index contributed by atoms with van der Waals surface area (Å²) >= 11 is 0. The summed E-state index contributed by atoms with van der Waals surface area (Å²) in [5, 5.41) is 6.32. The van der Waals surface area contributed by atoms with E-state index >= 15 is 0 Å². The SMILES string of the molecule is COc1cncc(C2(N)N=C(Nc3ccc4oc(=O)[nH]c4c3)C(C)=CN2)c1. The molecule has 1 aromatic carbocycles. The number of nitrogens with one attached hydrogen (secondary N) is 3. The minimum atomic E-state index is -1.20. The summed E-state index contributed by atoms with van der Waals surface area (Å²) in [5.41, 5.74) is 9.80. The molecule has 1 aliphatic heterocycles. The van der Waals surface area contributed by atoms with Crippen molar-refractivity contribution in [2.75, 3.05) is 12.4 Å². The van der Waals surface area contributed by atoms with Crippen LogP contribution < -0.4 is 26.9 Å². The van der Waals surface area contributed by atoms with Crippen LogP contribution in [0.25, 0.3) is 11.1 Å². The number of amidine groups is 1. The van der Waals surface area contributed by atoms with Crippen LogP contribution in [0.5, 0.6) is 5.75 Å². The fraction of sp³-hybridized carbons (Fsp3) is 0.167. The van der Waals surface area contributed by atoms with E-state index in [1.54, 1.807) is 50.0 Å². The van der Waals surface area contributed by atoms with Gasteiger partial charge in [0.25, 0.3) is 0 Å². The number of anilines is 1. The largest absolute Gasteiger partial charge is 0.495 e. The van der Waals surface area contributed by atoms with Crippen molar-refractivity contribution in [3.63, 3.8) is 0 Å². The monoisotopic (exact) mass is 366 g/mol. The third-order valence-electron chi connectivity index (χ3n) is 4.24. The van der Waals surface area contributed by atoms with Gasteiger partial charge in [0.2, 0.25) is 5.79 Å². The number of fused-ring (bicyclic) bond motifs is 1. The third kappa shape index (κ3) is 3.15. The fourth-order valence-corrected chi connectivity index (χ4v) is 2.76. The Labute approximate surface area is 154 Å². The predicted octanol–water partition coefficient (Wildman–Crippen LogP) is 1.61. The Balaban J connectivity index is 1.68. The van der Waals surface area contributed by atoms with Gasteiger partial charge in [-0.25, -0.2) is 9.79 Å². The highest BCUT2D eigenvalue weighted by atomic mass is 16.5. The second-order valence-corrected chi connectivity index (χ2v) is 6.16. The molecule has 0 spiro atoms. The van der Waals surface area contributed by atoms with Crippen LogP contribution >= 0.6 is 0 Å². The second-order valence-electron chi connectivity index (χ2n) is 6.16. The quantitative estimate of drug-likeness (QED) is 0.554. The standard InChI is InChI=1S/C18H18N6O3/c1-10-7-21-18(19,11-5-13(26-2)9-20-8-11)24-16(10)22-12-3-4-15-14(6-12)23-17(25)27-15/h3-9,21H,19H2,1-2H3,(H,22,24)(H,23,25). The van der Waals surface area contributed by atoms with Gasteiger partial charge in [-0.05, 0) is 31.2 Å². The van der Waals surface area contributed by atoms with Crippen LogP contribution in [0, 0.1) is 0 Å². The summed E-state index contributed by atoms with van der Waals surface area (Å²) in [6.07, 6.45) is 5.01. The van der Waals surface area contributed by atoms with Crippen molar-refractivity contribution in [3.05, 3.63) is 64.5 Å². The highest BCUT2D eigenvalue weighted by molar-refractivity contribution is 6.08. The predicted molar refractivity (Wildman–Crippen MR) is 101 cm³/mol. The molecular weight excluding hydrogens is 348 g/mol. The van der Waals surface area contributed by atoms with Crippen molar-refractivity contribution in [1.29, 1.82) is 0 Å². The first-order valence-corrected chi connectivity index (χ1v) is 8.20. The van der Waals surface area contributed by atoms with Gasteiger partial charge >= 0.3 is 5.76 Å². The molecule has 1 atom stereocenters. The number of H-pyrrole nitrogens is 1. The van der Waals surface area contributed by atoms with E-state index in [0.29, 0.717) is 28.2 Å². The highest BCUT2D eigenvalue weighted by Gasteiger charge is 2.30. The van der Waals surface area contributed by atoms with Crippen LogP contribution in [0.2, 0.25) is 0 Å².